The van der Waals surface area contributed by atoms with Crippen LogP contribution in [-0.2, 0) is 9.47 Å². The average molecular weight is 308 g/mol. The van der Waals surface area contributed by atoms with Crippen molar-refractivity contribution >= 4 is 0 Å². The zero-order valence-corrected chi connectivity index (χ0v) is 12.0. The van der Waals surface area contributed by atoms with Gasteiger partial charge in [0.1, 0.15) is 0 Å². The SMILES string of the molecule is CCOC(CCOc1ccccc1OC(F)(F)F)OCC. The monoisotopic (exact) mass is 308 g/mol. The van der Waals surface area contributed by atoms with E-state index in [9.17, 15) is 13.2 Å². The maximum absolute atomic E-state index is 12.3. The Kier molecular flexibility index (Phi) is 7.31. The maximum Gasteiger partial charge on any atom is 0.573 e. The molecule has 0 amide bonds. The number of rotatable bonds is 9. The molecule has 1 aromatic carbocycles. The molecule has 0 aliphatic rings. The number of halogens is 3. The molecule has 0 heterocycles. The Hall–Kier alpha value is -1.47. The average Bonchev–Trinajstić information content (AvgIpc) is 2.39. The fourth-order valence-corrected chi connectivity index (χ4v) is 1.63. The molecular weight excluding hydrogens is 289 g/mol. The Morgan fingerprint density at radius 1 is 1.00 bits per heavy atom. The van der Waals surface area contributed by atoms with E-state index >= 15 is 0 Å². The van der Waals surface area contributed by atoms with E-state index in [2.05, 4.69) is 4.74 Å². The number of benzene rings is 1. The Bertz CT molecular complexity index is 403. The van der Waals surface area contributed by atoms with Gasteiger partial charge in [-0.1, -0.05) is 12.1 Å². The maximum atomic E-state index is 12.3. The first-order valence-corrected chi connectivity index (χ1v) is 6.67. The lowest BCUT2D eigenvalue weighted by Crippen LogP contribution is -2.21. The van der Waals surface area contributed by atoms with Gasteiger partial charge in [-0.25, -0.2) is 0 Å². The van der Waals surface area contributed by atoms with Crippen LogP contribution >= 0.6 is 0 Å². The fraction of sp³-hybridized carbons (Fsp3) is 0.571. The molecule has 4 nitrogen and oxygen atoms in total. The van der Waals surface area contributed by atoms with E-state index in [0.717, 1.165) is 0 Å². The molecule has 7 heteroatoms. The number of ether oxygens (including phenoxy) is 4. The molecule has 0 aliphatic heterocycles. The number of hydrogen-bond acceptors (Lipinski definition) is 4. The highest BCUT2D eigenvalue weighted by molar-refractivity contribution is 5.39. The first-order chi connectivity index (χ1) is 9.96. The van der Waals surface area contributed by atoms with Crippen molar-refractivity contribution in [3.8, 4) is 11.5 Å². The van der Waals surface area contributed by atoms with Crippen molar-refractivity contribution in [3.63, 3.8) is 0 Å². The Morgan fingerprint density at radius 3 is 2.10 bits per heavy atom. The summed E-state index contributed by atoms with van der Waals surface area (Å²) in [4.78, 5) is 0. The zero-order chi connectivity index (χ0) is 15.7. The van der Waals surface area contributed by atoms with E-state index in [1.165, 1.54) is 18.2 Å². The molecule has 0 N–H and O–H groups in total. The lowest BCUT2D eigenvalue weighted by Gasteiger charge is -2.18. The van der Waals surface area contributed by atoms with Gasteiger partial charge in [0.25, 0.3) is 0 Å². The minimum atomic E-state index is -4.75. The molecular formula is C14H19F3O4. The van der Waals surface area contributed by atoms with Gasteiger partial charge in [0.2, 0.25) is 0 Å². The molecule has 1 aromatic rings. The minimum Gasteiger partial charge on any atom is -0.489 e. The van der Waals surface area contributed by atoms with Crippen molar-refractivity contribution in [2.75, 3.05) is 19.8 Å². The molecule has 0 aromatic heterocycles. The number of alkyl halides is 3. The van der Waals surface area contributed by atoms with Crippen molar-refractivity contribution in [1.29, 1.82) is 0 Å². The van der Waals surface area contributed by atoms with Crippen LogP contribution in [0.3, 0.4) is 0 Å². The van der Waals surface area contributed by atoms with Crippen LogP contribution in [-0.4, -0.2) is 32.5 Å². The van der Waals surface area contributed by atoms with Crippen molar-refractivity contribution in [2.45, 2.75) is 32.9 Å². The third kappa shape index (κ3) is 7.19. The highest BCUT2D eigenvalue weighted by Crippen LogP contribution is 2.31. The highest BCUT2D eigenvalue weighted by atomic mass is 19.4. The van der Waals surface area contributed by atoms with Crippen molar-refractivity contribution in [2.24, 2.45) is 0 Å². The lowest BCUT2D eigenvalue weighted by atomic mass is 10.3. The molecule has 0 saturated carbocycles. The summed E-state index contributed by atoms with van der Waals surface area (Å²) >= 11 is 0. The molecule has 1 rings (SSSR count). The fourth-order valence-electron chi connectivity index (χ4n) is 1.63. The van der Waals surface area contributed by atoms with Crippen LogP contribution < -0.4 is 9.47 Å². The van der Waals surface area contributed by atoms with Crippen LogP contribution in [0.1, 0.15) is 20.3 Å². The topological polar surface area (TPSA) is 36.9 Å². The van der Waals surface area contributed by atoms with E-state index in [0.29, 0.717) is 19.6 Å². The van der Waals surface area contributed by atoms with E-state index in [-0.39, 0.29) is 18.1 Å². The third-order valence-corrected chi connectivity index (χ3v) is 2.39. The summed E-state index contributed by atoms with van der Waals surface area (Å²) in [5.74, 6) is -0.337. The Morgan fingerprint density at radius 2 is 1.57 bits per heavy atom. The molecule has 0 unspecified atom stereocenters. The third-order valence-electron chi connectivity index (χ3n) is 2.39. The van der Waals surface area contributed by atoms with Crippen molar-refractivity contribution < 1.29 is 32.1 Å². The molecule has 21 heavy (non-hydrogen) atoms. The van der Waals surface area contributed by atoms with E-state index in [1.807, 2.05) is 13.8 Å². The summed E-state index contributed by atoms with van der Waals surface area (Å²) in [5.41, 5.74) is 0. The van der Waals surface area contributed by atoms with Gasteiger partial charge >= 0.3 is 6.36 Å². The largest absolute Gasteiger partial charge is 0.573 e. The lowest BCUT2D eigenvalue weighted by molar-refractivity contribution is -0.275. The second kappa shape index (κ2) is 8.74. The first kappa shape index (κ1) is 17.6. The van der Waals surface area contributed by atoms with E-state index in [4.69, 9.17) is 14.2 Å². The standard InChI is InChI=1S/C14H19F3O4/c1-3-18-13(19-4-2)9-10-20-11-7-5-6-8-12(11)21-14(15,16)17/h5-8,13H,3-4,9-10H2,1-2H3. The first-order valence-electron chi connectivity index (χ1n) is 6.67. The van der Waals surface area contributed by atoms with Gasteiger partial charge in [-0.3, -0.25) is 0 Å². The Balaban J connectivity index is 2.54. The molecule has 0 aliphatic carbocycles. The van der Waals surface area contributed by atoms with Gasteiger partial charge in [0, 0.05) is 19.6 Å². The summed E-state index contributed by atoms with van der Waals surface area (Å²) in [7, 11) is 0. The van der Waals surface area contributed by atoms with Gasteiger partial charge in [0.05, 0.1) is 6.61 Å². The normalized spacial score (nSPS) is 11.7. The van der Waals surface area contributed by atoms with Crippen LogP contribution in [0.5, 0.6) is 11.5 Å². The number of hydrogen-bond donors (Lipinski definition) is 0. The predicted molar refractivity (Wildman–Crippen MR) is 70.3 cm³/mol. The summed E-state index contributed by atoms with van der Waals surface area (Å²) < 4.78 is 56.6. The smallest absolute Gasteiger partial charge is 0.489 e. The van der Waals surface area contributed by atoms with Crippen LogP contribution in [0.15, 0.2) is 24.3 Å². The summed E-state index contributed by atoms with van der Waals surface area (Å²) in [6.07, 6.45) is -4.78. The summed E-state index contributed by atoms with van der Waals surface area (Å²) in [6, 6.07) is 5.63. The van der Waals surface area contributed by atoms with Crippen LogP contribution in [0.4, 0.5) is 13.2 Å². The molecule has 0 spiro atoms. The molecule has 120 valence electrons. The van der Waals surface area contributed by atoms with E-state index in [1.54, 1.807) is 6.07 Å². The van der Waals surface area contributed by atoms with Crippen LogP contribution in [0, 0.1) is 0 Å². The Labute approximate surface area is 121 Å². The van der Waals surface area contributed by atoms with Crippen molar-refractivity contribution in [1.82, 2.24) is 0 Å². The predicted octanol–water partition coefficient (Wildman–Crippen LogP) is 3.75. The second-order valence-electron chi connectivity index (χ2n) is 3.97. The molecule has 0 radical (unpaired) electrons. The number of para-hydroxylation sites is 2. The summed E-state index contributed by atoms with van der Waals surface area (Å²) in [5, 5.41) is 0. The van der Waals surface area contributed by atoms with Gasteiger partial charge in [-0.15, -0.1) is 13.2 Å². The van der Waals surface area contributed by atoms with Gasteiger partial charge in [0.15, 0.2) is 17.8 Å². The molecule has 0 atom stereocenters. The zero-order valence-electron chi connectivity index (χ0n) is 12.0. The molecule has 0 bridgehead atoms. The highest BCUT2D eigenvalue weighted by Gasteiger charge is 2.32. The minimum absolute atomic E-state index is 0.0292. The summed E-state index contributed by atoms with van der Waals surface area (Å²) in [6.45, 7) is 4.79. The van der Waals surface area contributed by atoms with Crippen molar-refractivity contribution in [3.05, 3.63) is 24.3 Å². The van der Waals surface area contributed by atoms with E-state index < -0.39 is 12.7 Å². The van der Waals surface area contributed by atoms with Crippen LogP contribution in [0.2, 0.25) is 0 Å². The van der Waals surface area contributed by atoms with Gasteiger partial charge in [-0.05, 0) is 26.0 Å². The quantitative estimate of drug-likeness (QED) is 0.651. The molecule has 0 saturated heterocycles. The second-order valence-corrected chi connectivity index (χ2v) is 3.97. The van der Waals surface area contributed by atoms with Gasteiger partial charge in [-0.2, -0.15) is 0 Å². The molecule has 0 fully saturated rings. The van der Waals surface area contributed by atoms with Crippen LogP contribution in [0.25, 0.3) is 0 Å². The van der Waals surface area contributed by atoms with Gasteiger partial charge < -0.3 is 18.9 Å².